The van der Waals surface area contributed by atoms with E-state index in [0.717, 1.165) is 0 Å². The van der Waals surface area contributed by atoms with Gasteiger partial charge in [-0.2, -0.15) is 0 Å². The van der Waals surface area contributed by atoms with Gasteiger partial charge >= 0.3 is 0 Å². The van der Waals surface area contributed by atoms with Crippen LogP contribution in [-0.2, 0) is 4.74 Å². The number of rotatable bonds is 5. The smallest absolute Gasteiger partial charge is 0.229 e. The first-order valence-electron chi connectivity index (χ1n) is 8.18. The molecular weight excluding hydrogens is 340 g/mol. The van der Waals surface area contributed by atoms with Crippen LogP contribution in [0.4, 0.5) is 0 Å². The Morgan fingerprint density at radius 2 is 1.50 bits per heavy atom. The summed E-state index contributed by atoms with van der Waals surface area (Å²) in [7, 11) is 0. The molecule has 0 saturated carbocycles. The van der Waals surface area contributed by atoms with Crippen LogP contribution in [0.3, 0.4) is 0 Å². The number of carbonyl (C=O) groups excluding carboxylic acids is 1. The largest absolute Gasteiger partial charge is 0.462 e. The zero-order chi connectivity index (χ0) is 18.7. The topological polar surface area (TPSA) is 116 Å². The Morgan fingerprint density at radius 3 is 2.12 bits per heavy atom. The highest BCUT2D eigenvalue weighted by Gasteiger charge is 2.44. The van der Waals surface area contributed by atoms with Crippen molar-refractivity contribution in [1.29, 1.82) is 0 Å². The number of hydrogen-bond donors (Lipinski definition) is 4. The van der Waals surface area contributed by atoms with Crippen molar-refractivity contribution in [1.82, 2.24) is 0 Å². The molecule has 1 aliphatic rings. The van der Waals surface area contributed by atoms with Gasteiger partial charge in [0.1, 0.15) is 30.2 Å². The molecule has 26 heavy (non-hydrogen) atoms. The number of carbonyl (C=O) groups is 1. The molecule has 0 bridgehead atoms. The van der Waals surface area contributed by atoms with E-state index >= 15 is 0 Å². The molecule has 7 heteroatoms. The van der Waals surface area contributed by atoms with Gasteiger partial charge in [0, 0.05) is 11.1 Å². The maximum atomic E-state index is 12.4. The van der Waals surface area contributed by atoms with Gasteiger partial charge in [-0.3, -0.25) is 4.79 Å². The van der Waals surface area contributed by atoms with Gasteiger partial charge in [0.25, 0.3) is 0 Å². The van der Waals surface area contributed by atoms with Crippen LogP contribution >= 0.6 is 0 Å². The van der Waals surface area contributed by atoms with Crippen LogP contribution in [0.2, 0.25) is 0 Å². The van der Waals surface area contributed by atoms with Crippen molar-refractivity contribution in [3.63, 3.8) is 0 Å². The van der Waals surface area contributed by atoms with Gasteiger partial charge in [-0.15, -0.1) is 0 Å². The third kappa shape index (κ3) is 3.77. The van der Waals surface area contributed by atoms with Gasteiger partial charge in [0.15, 0.2) is 5.78 Å². The summed E-state index contributed by atoms with van der Waals surface area (Å²) < 4.78 is 10.8. The van der Waals surface area contributed by atoms with Crippen LogP contribution in [0.1, 0.15) is 15.9 Å². The van der Waals surface area contributed by atoms with E-state index in [9.17, 15) is 25.2 Å². The Balaban J connectivity index is 1.70. The van der Waals surface area contributed by atoms with E-state index in [1.807, 2.05) is 6.07 Å². The Bertz CT molecular complexity index is 729. The number of aliphatic hydroxyl groups is 4. The summed E-state index contributed by atoms with van der Waals surface area (Å²) >= 11 is 0. The first-order chi connectivity index (χ1) is 12.5. The minimum absolute atomic E-state index is 0.134. The molecule has 1 heterocycles. The number of ether oxygens (including phenoxy) is 2. The lowest BCUT2D eigenvalue weighted by Gasteiger charge is -2.39. The molecule has 1 unspecified atom stereocenters. The third-order valence-electron chi connectivity index (χ3n) is 4.25. The molecule has 0 amide bonds. The Hall–Kier alpha value is -2.29. The minimum atomic E-state index is -1.51. The SMILES string of the molecule is O=C(c1ccccc1)c1ccc(OC2O[C@@H](CO)[C@H](O)[C@@H](O)[C@@H]2O)cc1. The molecule has 0 radical (unpaired) electrons. The van der Waals surface area contributed by atoms with Crippen LogP contribution in [0.5, 0.6) is 5.75 Å². The molecule has 1 fully saturated rings. The zero-order valence-corrected chi connectivity index (χ0v) is 13.8. The Morgan fingerprint density at radius 1 is 0.885 bits per heavy atom. The predicted molar refractivity (Wildman–Crippen MR) is 90.7 cm³/mol. The van der Waals surface area contributed by atoms with Crippen molar-refractivity contribution in [3.05, 3.63) is 65.7 Å². The van der Waals surface area contributed by atoms with Crippen molar-refractivity contribution < 1.29 is 34.7 Å². The van der Waals surface area contributed by atoms with Crippen LogP contribution in [-0.4, -0.2) is 63.5 Å². The number of ketones is 1. The molecule has 0 aliphatic carbocycles. The lowest BCUT2D eigenvalue weighted by molar-refractivity contribution is -0.277. The summed E-state index contributed by atoms with van der Waals surface area (Å²) in [5, 5.41) is 38.7. The molecule has 1 saturated heterocycles. The minimum Gasteiger partial charge on any atom is -0.462 e. The second-order valence-electron chi connectivity index (χ2n) is 6.03. The highest BCUT2D eigenvalue weighted by Crippen LogP contribution is 2.24. The van der Waals surface area contributed by atoms with E-state index in [1.54, 1.807) is 36.4 Å². The van der Waals surface area contributed by atoms with Gasteiger partial charge in [-0.1, -0.05) is 30.3 Å². The summed E-state index contributed by atoms with van der Waals surface area (Å²) in [6, 6.07) is 15.1. The first kappa shape index (κ1) is 18.5. The van der Waals surface area contributed by atoms with Gasteiger partial charge in [0.2, 0.25) is 6.29 Å². The lowest BCUT2D eigenvalue weighted by atomic mass is 9.99. The maximum Gasteiger partial charge on any atom is 0.229 e. The summed E-state index contributed by atoms with van der Waals surface area (Å²) in [5.74, 6) is 0.170. The van der Waals surface area contributed by atoms with Crippen LogP contribution < -0.4 is 4.74 Å². The molecule has 0 spiro atoms. The van der Waals surface area contributed by atoms with Crippen molar-refractivity contribution in [2.24, 2.45) is 0 Å². The van der Waals surface area contributed by atoms with E-state index in [0.29, 0.717) is 16.9 Å². The Kier molecular flexibility index (Phi) is 5.65. The van der Waals surface area contributed by atoms with E-state index in [1.165, 1.54) is 12.1 Å². The van der Waals surface area contributed by atoms with E-state index in [4.69, 9.17) is 9.47 Å². The summed E-state index contributed by atoms with van der Waals surface area (Å²) in [4.78, 5) is 12.4. The molecule has 2 aromatic rings. The van der Waals surface area contributed by atoms with Gasteiger partial charge in [-0.25, -0.2) is 0 Å². The van der Waals surface area contributed by atoms with E-state index in [2.05, 4.69) is 0 Å². The number of aliphatic hydroxyl groups excluding tert-OH is 4. The van der Waals surface area contributed by atoms with Crippen molar-refractivity contribution in [2.45, 2.75) is 30.7 Å². The fraction of sp³-hybridized carbons (Fsp3) is 0.316. The van der Waals surface area contributed by atoms with Gasteiger partial charge in [-0.05, 0) is 24.3 Å². The fourth-order valence-electron chi connectivity index (χ4n) is 2.74. The third-order valence-corrected chi connectivity index (χ3v) is 4.25. The second-order valence-corrected chi connectivity index (χ2v) is 6.03. The average molecular weight is 360 g/mol. The summed E-state index contributed by atoms with van der Waals surface area (Å²) in [6.07, 6.45) is -6.75. The normalized spacial score (nSPS) is 28.5. The quantitative estimate of drug-likeness (QED) is 0.559. The van der Waals surface area contributed by atoms with Crippen LogP contribution in [0, 0.1) is 0 Å². The van der Waals surface area contributed by atoms with Crippen molar-refractivity contribution in [3.8, 4) is 5.75 Å². The molecular formula is C19H20O7. The fourth-order valence-corrected chi connectivity index (χ4v) is 2.74. The number of benzene rings is 2. The summed E-state index contributed by atoms with van der Waals surface area (Å²) in [5.41, 5.74) is 1.03. The maximum absolute atomic E-state index is 12.4. The molecule has 7 nitrogen and oxygen atoms in total. The van der Waals surface area contributed by atoms with E-state index in [-0.39, 0.29) is 5.78 Å². The standard InChI is InChI=1S/C19H20O7/c20-10-14-16(22)17(23)18(24)19(26-14)25-13-8-6-12(7-9-13)15(21)11-4-2-1-3-5-11/h1-9,14,16-20,22-24H,10H2/t14-,16-,17+,18-,19?/m0/s1. The van der Waals surface area contributed by atoms with Crippen LogP contribution in [0.25, 0.3) is 0 Å². The summed E-state index contributed by atoms with van der Waals surface area (Å²) in [6.45, 7) is -0.532. The predicted octanol–water partition coefficient (Wildman–Crippen LogP) is 0.0963. The van der Waals surface area contributed by atoms with Gasteiger partial charge < -0.3 is 29.9 Å². The number of hydrogen-bond acceptors (Lipinski definition) is 7. The van der Waals surface area contributed by atoms with Gasteiger partial charge in [0.05, 0.1) is 6.61 Å². The molecule has 2 aromatic carbocycles. The molecule has 0 aromatic heterocycles. The average Bonchev–Trinajstić information content (AvgIpc) is 2.69. The van der Waals surface area contributed by atoms with Crippen LogP contribution in [0.15, 0.2) is 54.6 Å². The molecule has 1 aliphatic heterocycles. The Labute approximate surface area is 150 Å². The highest BCUT2D eigenvalue weighted by atomic mass is 16.7. The monoisotopic (exact) mass is 360 g/mol. The van der Waals surface area contributed by atoms with Crippen molar-refractivity contribution in [2.75, 3.05) is 6.61 Å². The molecule has 138 valence electrons. The van der Waals surface area contributed by atoms with E-state index < -0.39 is 37.3 Å². The lowest BCUT2D eigenvalue weighted by Crippen LogP contribution is -2.60. The molecule has 4 N–H and O–H groups in total. The zero-order valence-electron chi connectivity index (χ0n) is 13.8. The highest BCUT2D eigenvalue weighted by molar-refractivity contribution is 6.08. The molecule has 5 atom stereocenters. The van der Waals surface area contributed by atoms with Crippen molar-refractivity contribution >= 4 is 5.78 Å². The first-order valence-corrected chi connectivity index (χ1v) is 8.18. The second kappa shape index (κ2) is 7.94. The molecule has 3 rings (SSSR count).